The van der Waals surface area contributed by atoms with E-state index < -0.39 is 11.8 Å². The van der Waals surface area contributed by atoms with Gasteiger partial charge in [-0.05, 0) is 35.4 Å². The van der Waals surface area contributed by atoms with Crippen LogP contribution in [0.3, 0.4) is 0 Å². The van der Waals surface area contributed by atoms with Gasteiger partial charge >= 0.3 is 0 Å². The highest BCUT2D eigenvalue weighted by molar-refractivity contribution is 6.38. The molecule has 0 saturated heterocycles. The molecule has 1 aromatic heterocycles. The molecule has 39 heavy (non-hydrogen) atoms. The van der Waals surface area contributed by atoms with E-state index in [1.165, 1.54) is 0 Å². The van der Waals surface area contributed by atoms with E-state index in [1.807, 2.05) is 97.1 Å². The minimum atomic E-state index is -1.06. The summed E-state index contributed by atoms with van der Waals surface area (Å²) in [6.45, 7) is 0. The van der Waals surface area contributed by atoms with E-state index in [4.69, 9.17) is 4.74 Å². The molecule has 1 aliphatic rings. The maximum Gasteiger partial charge on any atom is 0.180 e. The number of nitrogens with one attached hydrogen (secondary N) is 1. The largest absolute Gasteiger partial charge is 0.497 e. The van der Waals surface area contributed by atoms with E-state index in [0.717, 1.165) is 33.5 Å². The van der Waals surface area contributed by atoms with Gasteiger partial charge in [0.15, 0.2) is 11.6 Å². The molecule has 1 unspecified atom stereocenters. The highest BCUT2D eigenvalue weighted by Crippen LogP contribution is 2.35. The number of carbonyl (C=O) groups excluding carboxylic acids is 2. The fourth-order valence-corrected chi connectivity index (χ4v) is 5.19. The predicted octanol–water partition coefficient (Wildman–Crippen LogP) is 6.21. The third-order valence-corrected chi connectivity index (χ3v) is 7.05. The molecule has 0 fully saturated rings. The summed E-state index contributed by atoms with van der Waals surface area (Å²) in [5, 5.41) is 9.79. The standard InChI is InChI=1S/C33H25N3O3/c1-39-25-16-17-28-23(19-25)18-24(35-28)20-34-36-31-26-14-8-9-15-27(26)32(37)30(31)33(38)29(21-10-4-2-5-11-21)22-12-6-3-7-13-22/h2-20,29-30,35H,1H3/b34-20+,36-31-. The van der Waals surface area contributed by atoms with Gasteiger partial charge in [0.25, 0.3) is 0 Å². The van der Waals surface area contributed by atoms with Crippen molar-refractivity contribution in [1.29, 1.82) is 0 Å². The summed E-state index contributed by atoms with van der Waals surface area (Å²) in [5.41, 5.74) is 4.83. The Balaban J connectivity index is 1.40. The molecule has 0 aliphatic heterocycles. The van der Waals surface area contributed by atoms with Crippen molar-refractivity contribution >= 4 is 34.4 Å². The second-order valence-electron chi connectivity index (χ2n) is 9.41. The van der Waals surface area contributed by atoms with Crippen molar-refractivity contribution in [2.24, 2.45) is 16.1 Å². The number of methoxy groups -OCH3 is 1. The lowest BCUT2D eigenvalue weighted by Gasteiger charge is -2.20. The highest BCUT2D eigenvalue weighted by Gasteiger charge is 2.44. The Kier molecular flexibility index (Phi) is 6.43. The lowest BCUT2D eigenvalue weighted by atomic mass is 9.80. The van der Waals surface area contributed by atoms with Crippen molar-refractivity contribution in [3.63, 3.8) is 0 Å². The number of hydrogen-bond acceptors (Lipinski definition) is 5. The molecule has 0 bridgehead atoms. The maximum atomic E-state index is 14.3. The highest BCUT2D eigenvalue weighted by atomic mass is 16.5. The van der Waals surface area contributed by atoms with Crippen molar-refractivity contribution in [2.75, 3.05) is 7.11 Å². The third-order valence-electron chi connectivity index (χ3n) is 7.05. The van der Waals surface area contributed by atoms with E-state index in [0.29, 0.717) is 16.8 Å². The number of fused-ring (bicyclic) bond motifs is 2. The van der Waals surface area contributed by atoms with Crippen LogP contribution in [-0.4, -0.2) is 35.6 Å². The van der Waals surface area contributed by atoms with Crippen molar-refractivity contribution in [2.45, 2.75) is 5.92 Å². The van der Waals surface area contributed by atoms with E-state index in [1.54, 1.807) is 25.5 Å². The lowest BCUT2D eigenvalue weighted by Crippen LogP contribution is -2.31. The summed E-state index contributed by atoms with van der Waals surface area (Å²) in [6, 6.07) is 34.0. The number of ketones is 2. The number of aromatic nitrogens is 1. The summed E-state index contributed by atoms with van der Waals surface area (Å²) < 4.78 is 5.31. The Labute approximate surface area is 225 Å². The van der Waals surface area contributed by atoms with E-state index >= 15 is 0 Å². The number of hydrogen-bond donors (Lipinski definition) is 1. The van der Waals surface area contributed by atoms with Crippen LogP contribution in [0.15, 0.2) is 119 Å². The Morgan fingerprint density at radius 1 is 0.846 bits per heavy atom. The first-order valence-electron chi connectivity index (χ1n) is 12.7. The quantitative estimate of drug-likeness (QED) is 0.160. The molecule has 0 radical (unpaired) electrons. The van der Waals surface area contributed by atoms with Gasteiger partial charge < -0.3 is 9.72 Å². The molecule has 5 aromatic rings. The smallest absolute Gasteiger partial charge is 0.180 e. The van der Waals surface area contributed by atoms with Gasteiger partial charge in [-0.25, -0.2) is 0 Å². The van der Waals surface area contributed by atoms with E-state index in [9.17, 15) is 9.59 Å². The summed E-state index contributed by atoms with van der Waals surface area (Å²) >= 11 is 0. The van der Waals surface area contributed by atoms with Crippen LogP contribution in [0.1, 0.15) is 38.7 Å². The summed E-state index contributed by atoms with van der Waals surface area (Å²) in [7, 11) is 1.63. The van der Waals surface area contributed by atoms with Gasteiger partial charge in [-0.2, -0.15) is 10.2 Å². The second-order valence-corrected chi connectivity index (χ2v) is 9.41. The van der Waals surface area contributed by atoms with Crippen LogP contribution in [0, 0.1) is 5.92 Å². The minimum absolute atomic E-state index is 0.222. The van der Waals surface area contributed by atoms with Gasteiger partial charge in [0.05, 0.1) is 30.6 Å². The van der Waals surface area contributed by atoms with Crippen LogP contribution in [0.5, 0.6) is 5.75 Å². The SMILES string of the molecule is COc1ccc2[nH]c(/C=N/N=C3/c4ccccc4C(=O)C3C(=O)C(c3ccccc3)c3ccccc3)cc2c1. The zero-order chi connectivity index (χ0) is 26.8. The molecule has 1 N–H and O–H groups in total. The van der Waals surface area contributed by atoms with Crippen LogP contribution < -0.4 is 4.74 Å². The molecule has 4 aromatic carbocycles. The van der Waals surface area contributed by atoms with Gasteiger partial charge in [-0.3, -0.25) is 9.59 Å². The van der Waals surface area contributed by atoms with Crippen LogP contribution in [0.4, 0.5) is 0 Å². The maximum absolute atomic E-state index is 14.3. The number of rotatable bonds is 7. The second kappa shape index (κ2) is 10.3. The summed E-state index contributed by atoms with van der Waals surface area (Å²) in [4.78, 5) is 31.2. The lowest BCUT2D eigenvalue weighted by molar-refractivity contribution is -0.120. The molecule has 1 heterocycles. The fourth-order valence-electron chi connectivity index (χ4n) is 5.19. The predicted molar refractivity (Wildman–Crippen MR) is 153 cm³/mol. The molecular formula is C33H25N3O3. The van der Waals surface area contributed by atoms with Gasteiger partial charge in [0.2, 0.25) is 0 Å². The summed E-state index contributed by atoms with van der Waals surface area (Å²) in [6.07, 6.45) is 1.60. The average molecular weight is 512 g/mol. The normalized spacial score (nSPS) is 15.9. The van der Waals surface area contributed by atoms with Gasteiger partial charge in [-0.1, -0.05) is 84.9 Å². The monoisotopic (exact) mass is 511 g/mol. The Morgan fingerprint density at radius 3 is 2.15 bits per heavy atom. The number of aromatic amines is 1. The van der Waals surface area contributed by atoms with Crippen LogP contribution in [0.25, 0.3) is 10.9 Å². The van der Waals surface area contributed by atoms with Gasteiger partial charge in [0.1, 0.15) is 11.7 Å². The molecule has 0 amide bonds. The van der Waals surface area contributed by atoms with Crippen molar-refractivity contribution in [1.82, 2.24) is 4.98 Å². The zero-order valence-electron chi connectivity index (χ0n) is 21.2. The molecule has 0 saturated carbocycles. The van der Waals surface area contributed by atoms with E-state index in [2.05, 4.69) is 15.2 Å². The molecule has 6 heteroatoms. The Hall–Kier alpha value is -5.10. The average Bonchev–Trinajstić information content (AvgIpc) is 3.52. The first-order chi connectivity index (χ1) is 19.1. The van der Waals surface area contributed by atoms with Gasteiger partial charge in [0, 0.05) is 22.0 Å². The molecule has 1 atom stereocenters. The number of ether oxygens (including phenoxy) is 1. The van der Waals surface area contributed by atoms with Crippen LogP contribution in [0.2, 0.25) is 0 Å². The summed E-state index contributed by atoms with van der Waals surface area (Å²) in [5.74, 6) is -1.39. The van der Waals surface area contributed by atoms with Crippen molar-refractivity contribution < 1.29 is 14.3 Å². The fraction of sp³-hybridized carbons (Fsp3) is 0.0909. The number of carbonyl (C=O) groups is 2. The number of benzene rings is 4. The first-order valence-corrected chi connectivity index (χ1v) is 12.7. The van der Waals surface area contributed by atoms with E-state index in [-0.39, 0.29) is 11.6 Å². The van der Waals surface area contributed by atoms with Crippen molar-refractivity contribution in [3.8, 4) is 5.75 Å². The minimum Gasteiger partial charge on any atom is -0.497 e. The number of nitrogens with zero attached hydrogens (tertiary/aromatic N) is 2. The molecule has 0 spiro atoms. The third kappa shape index (κ3) is 4.57. The van der Waals surface area contributed by atoms with Crippen LogP contribution in [-0.2, 0) is 4.79 Å². The molecule has 190 valence electrons. The molecule has 6 nitrogen and oxygen atoms in total. The molecule has 1 aliphatic carbocycles. The number of Topliss-reactive ketones (excluding diaryl/α,β-unsaturated/α-hetero) is 2. The van der Waals surface area contributed by atoms with Gasteiger partial charge in [-0.15, -0.1) is 0 Å². The zero-order valence-corrected chi connectivity index (χ0v) is 21.2. The molecular weight excluding hydrogens is 486 g/mol. The topological polar surface area (TPSA) is 83.9 Å². The molecule has 6 rings (SSSR count). The Bertz CT molecular complexity index is 1700. The van der Waals surface area contributed by atoms with Crippen molar-refractivity contribution in [3.05, 3.63) is 137 Å². The van der Waals surface area contributed by atoms with Crippen LogP contribution >= 0.6 is 0 Å². The first kappa shape index (κ1) is 24.2. The number of H-pyrrole nitrogens is 1. The Morgan fingerprint density at radius 2 is 1.49 bits per heavy atom.